The first kappa shape index (κ1) is 24.9. The molecule has 2 atom stereocenters. The molecular weight excluding hydrogens is 458 g/mol. The third kappa shape index (κ3) is 5.53. The minimum atomic E-state index is -0.945. The minimum Gasteiger partial charge on any atom is -0.496 e. The molecule has 0 aliphatic heterocycles. The van der Waals surface area contributed by atoms with Gasteiger partial charge in [-0.2, -0.15) is 0 Å². The van der Waals surface area contributed by atoms with E-state index in [1.54, 1.807) is 45.6 Å². The molecule has 186 valence electrons. The average molecular weight is 488 g/mol. The summed E-state index contributed by atoms with van der Waals surface area (Å²) >= 11 is 0. The van der Waals surface area contributed by atoms with Crippen LogP contribution in [0.1, 0.15) is 45.2 Å². The number of rotatable bonds is 10. The molecule has 0 saturated carbocycles. The van der Waals surface area contributed by atoms with Crippen molar-refractivity contribution in [1.29, 1.82) is 0 Å². The molecule has 0 bridgehead atoms. The van der Waals surface area contributed by atoms with Gasteiger partial charge in [-0.1, -0.05) is 60.7 Å². The van der Waals surface area contributed by atoms with Crippen LogP contribution < -0.4 is 19.5 Å². The van der Waals surface area contributed by atoms with Crippen molar-refractivity contribution in [2.45, 2.75) is 18.6 Å². The Morgan fingerprint density at radius 1 is 0.833 bits per heavy atom. The van der Waals surface area contributed by atoms with Crippen LogP contribution in [0, 0.1) is 0 Å². The molecule has 1 amide bonds. The van der Waals surface area contributed by atoms with Crippen molar-refractivity contribution < 1.29 is 28.5 Å². The lowest BCUT2D eigenvalue weighted by atomic mass is 9.95. The number of ether oxygens (including phenoxy) is 3. The van der Waals surface area contributed by atoms with Gasteiger partial charge in [0.05, 0.1) is 27.4 Å². The van der Waals surface area contributed by atoms with E-state index in [9.17, 15) is 9.90 Å². The lowest BCUT2D eigenvalue weighted by Gasteiger charge is -2.24. The van der Waals surface area contributed by atoms with Crippen LogP contribution in [0.25, 0.3) is 0 Å². The standard InChI is InChI=1S/C29H29NO6/c1-33-22-17-25(34-2)23(26(18-22)35-3)16-21-14-15-24(36-21)29(32)30-27(19-10-6-4-7-11-19)28(31)20-12-8-5-9-13-20/h4-15,17-18,27-28,31H,16H2,1-3H3,(H,30,32). The molecule has 3 aromatic carbocycles. The van der Waals surface area contributed by atoms with Gasteiger partial charge in [0, 0.05) is 24.1 Å². The van der Waals surface area contributed by atoms with Gasteiger partial charge in [-0.15, -0.1) is 0 Å². The Balaban J connectivity index is 1.57. The Kier molecular flexibility index (Phi) is 7.92. The number of carbonyl (C=O) groups excluding carboxylic acids is 1. The lowest BCUT2D eigenvalue weighted by molar-refractivity contribution is 0.0804. The fourth-order valence-electron chi connectivity index (χ4n) is 4.08. The van der Waals surface area contributed by atoms with Gasteiger partial charge in [-0.25, -0.2) is 0 Å². The zero-order valence-electron chi connectivity index (χ0n) is 20.4. The summed E-state index contributed by atoms with van der Waals surface area (Å²) in [7, 11) is 4.71. The van der Waals surface area contributed by atoms with Crippen molar-refractivity contribution >= 4 is 5.91 Å². The van der Waals surface area contributed by atoms with Gasteiger partial charge in [0.1, 0.15) is 29.1 Å². The topological polar surface area (TPSA) is 90.2 Å². The second-order valence-electron chi connectivity index (χ2n) is 8.17. The molecule has 2 unspecified atom stereocenters. The van der Waals surface area contributed by atoms with E-state index in [2.05, 4.69) is 5.32 Å². The van der Waals surface area contributed by atoms with Crippen molar-refractivity contribution in [1.82, 2.24) is 5.32 Å². The van der Waals surface area contributed by atoms with Crippen LogP contribution >= 0.6 is 0 Å². The van der Waals surface area contributed by atoms with E-state index in [0.717, 1.165) is 11.1 Å². The van der Waals surface area contributed by atoms with Gasteiger partial charge in [-0.3, -0.25) is 4.79 Å². The predicted octanol–water partition coefficient (Wildman–Crippen LogP) is 5.10. The number of aliphatic hydroxyl groups is 1. The first-order valence-corrected chi connectivity index (χ1v) is 11.5. The van der Waals surface area contributed by atoms with Crippen molar-refractivity contribution in [3.8, 4) is 17.2 Å². The molecule has 7 heteroatoms. The highest BCUT2D eigenvalue weighted by atomic mass is 16.5. The Bertz CT molecular complexity index is 1260. The number of amides is 1. The molecule has 0 fully saturated rings. The average Bonchev–Trinajstić information content (AvgIpc) is 3.41. The van der Waals surface area contributed by atoms with Crippen molar-refractivity contribution in [3.05, 3.63) is 113 Å². The van der Waals surface area contributed by atoms with Gasteiger partial charge < -0.3 is 29.1 Å². The summed E-state index contributed by atoms with van der Waals surface area (Å²) in [6.45, 7) is 0. The molecule has 4 rings (SSSR count). The number of nitrogens with one attached hydrogen (secondary N) is 1. The van der Waals surface area contributed by atoms with E-state index in [4.69, 9.17) is 18.6 Å². The number of aliphatic hydroxyl groups excluding tert-OH is 1. The first-order chi connectivity index (χ1) is 17.5. The summed E-state index contributed by atoms with van der Waals surface area (Å²) in [6, 6.07) is 24.8. The zero-order valence-corrected chi connectivity index (χ0v) is 20.4. The number of methoxy groups -OCH3 is 3. The minimum absolute atomic E-state index is 0.137. The second-order valence-corrected chi connectivity index (χ2v) is 8.17. The highest BCUT2D eigenvalue weighted by molar-refractivity contribution is 5.91. The maximum atomic E-state index is 13.2. The smallest absolute Gasteiger partial charge is 0.287 e. The quantitative estimate of drug-likeness (QED) is 0.323. The Labute approximate surface area is 210 Å². The van der Waals surface area contributed by atoms with Gasteiger partial charge in [-0.05, 0) is 23.3 Å². The van der Waals surface area contributed by atoms with E-state index in [0.29, 0.717) is 35.0 Å². The normalized spacial score (nSPS) is 12.4. The molecule has 7 nitrogen and oxygen atoms in total. The van der Waals surface area contributed by atoms with Gasteiger partial charge in [0.15, 0.2) is 5.76 Å². The second kappa shape index (κ2) is 11.5. The number of carbonyl (C=O) groups is 1. The summed E-state index contributed by atoms with van der Waals surface area (Å²) in [5.74, 6) is 2.04. The largest absolute Gasteiger partial charge is 0.496 e. The third-order valence-corrected chi connectivity index (χ3v) is 5.96. The summed E-state index contributed by atoms with van der Waals surface area (Å²) < 4.78 is 22.2. The monoisotopic (exact) mass is 487 g/mol. The van der Waals surface area contributed by atoms with Gasteiger partial charge in [0.2, 0.25) is 0 Å². The van der Waals surface area contributed by atoms with Crippen LogP contribution in [-0.4, -0.2) is 32.3 Å². The fraction of sp³-hybridized carbons (Fsp3) is 0.207. The van der Waals surface area contributed by atoms with E-state index in [1.165, 1.54) is 0 Å². The lowest BCUT2D eigenvalue weighted by Crippen LogP contribution is -2.32. The van der Waals surface area contributed by atoms with Crippen molar-refractivity contribution in [2.75, 3.05) is 21.3 Å². The summed E-state index contributed by atoms with van der Waals surface area (Å²) in [5, 5.41) is 14.0. The van der Waals surface area contributed by atoms with Crippen molar-refractivity contribution in [2.24, 2.45) is 0 Å². The molecule has 2 N–H and O–H groups in total. The van der Waals surface area contributed by atoms with Crippen LogP contribution in [-0.2, 0) is 6.42 Å². The van der Waals surface area contributed by atoms with Crippen molar-refractivity contribution in [3.63, 3.8) is 0 Å². The maximum absolute atomic E-state index is 13.2. The molecule has 0 spiro atoms. The Morgan fingerprint density at radius 2 is 1.42 bits per heavy atom. The third-order valence-electron chi connectivity index (χ3n) is 5.96. The molecule has 0 aliphatic rings. The van der Waals surface area contributed by atoms with E-state index < -0.39 is 18.1 Å². The van der Waals surface area contributed by atoms with Gasteiger partial charge in [0.25, 0.3) is 5.91 Å². The van der Waals surface area contributed by atoms with Crippen LogP contribution in [0.5, 0.6) is 17.2 Å². The molecule has 36 heavy (non-hydrogen) atoms. The number of furan rings is 1. The number of benzene rings is 3. The number of hydrogen-bond acceptors (Lipinski definition) is 6. The molecule has 1 aromatic heterocycles. The highest BCUT2D eigenvalue weighted by Crippen LogP contribution is 2.36. The molecule has 1 heterocycles. The maximum Gasteiger partial charge on any atom is 0.287 e. The highest BCUT2D eigenvalue weighted by Gasteiger charge is 2.26. The predicted molar refractivity (Wildman–Crippen MR) is 136 cm³/mol. The van der Waals surface area contributed by atoms with Crippen LogP contribution in [0.15, 0.2) is 89.3 Å². The Hall–Kier alpha value is -4.23. The fourth-order valence-corrected chi connectivity index (χ4v) is 4.08. The summed E-state index contributed by atoms with van der Waals surface area (Å²) in [6.07, 6.45) is -0.599. The molecule has 0 saturated heterocycles. The van der Waals surface area contributed by atoms with E-state index >= 15 is 0 Å². The molecule has 0 aliphatic carbocycles. The van der Waals surface area contributed by atoms with Crippen LogP contribution in [0.4, 0.5) is 0 Å². The molecule has 4 aromatic rings. The molecular formula is C29H29NO6. The summed E-state index contributed by atoms with van der Waals surface area (Å²) in [5.41, 5.74) is 2.25. The Morgan fingerprint density at radius 3 is 1.97 bits per heavy atom. The summed E-state index contributed by atoms with van der Waals surface area (Å²) in [4.78, 5) is 13.2. The van der Waals surface area contributed by atoms with Crippen LogP contribution in [0.3, 0.4) is 0 Å². The first-order valence-electron chi connectivity index (χ1n) is 11.5. The SMILES string of the molecule is COc1cc(OC)c(Cc2ccc(C(=O)NC(c3ccccc3)C(O)c3ccccc3)o2)c(OC)c1. The van der Waals surface area contributed by atoms with E-state index in [1.807, 2.05) is 60.7 Å². The number of hydrogen-bond donors (Lipinski definition) is 2. The molecule has 0 radical (unpaired) electrons. The van der Waals surface area contributed by atoms with Gasteiger partial charge >= 0.3 is 0 Å². The van der Waals surface area contributed by atoms with Crippen LogP contribution in [0.2, 0.25) is 0 Å². The van der Waals surface area contributed by atoms with E-state index in [-0.39, 0.29) is 5.76 Å². The zero-order chi connectivity index (χ0) is 25.5.